The van der Waals surface area contributed by atoms with Crippen LogP contribution in [0.15, 0.2) is 70.0 Å². The molecule has 2 aromatic carbocycles. The van der Waals surface area contributed by atoms with Crippen molar-refractivity contribution in [3.63, 3.8) is 0 Å². The minimum atomic E-state index is -4.76. The van der Waals surface area contributed by atoms with E-state index in [1.165, 1.54) is 24.3 Å². The van der Waals surface area contributed by atoms with Crippen molar-refractivity contribution in [3.8, 4) is 11.3 Å². The van der Waals surface area contributed by atoms with Crippen molar-refractivity contribution in [2.24, 2.45) is 0 Å². The zero-order chi connectivity index (χ0) is 22.1. The van der Waals surface area contributed by atoms with E-state index >= 15 is 0 Å². The van der Waals surface area contributed by atoms with Crippen LogP contribution in [-0.2, 0) is 16.0 Å². The fourth-order valence-corrected chi connectivity index (χ4v) is 3.21. The van der Waals surface area contributed by atoms with Gasteiger partial charge in [-0.1, -0.05) is 12.1 Å². The molecule has 0 aliphatic heterocycles. The van der Waals surface area contributed by atoms with Crippen LogP contribution in [-0.4, -0.2) is 20.1 Å². The molecular weight excluding hydrogens is 433 g/mol. The number of hydrogen-bond acceptors (Lipinski definition) is 4. The van der Waals surface area contributed by atoms with Gasteiger partial charge in [-0.3, -0.25) is 4.79 Å². The summed E-state index contributed by atoms with van der Waals surface area (Å²) in [6.45, 7) is 0. The van der Waals surface area contributed by atoms with E-state index in [9.17, 15) is 35.2 Å². The third-order valence-electron chi connectivity index (χ3n) is 3.98. The molecule has 0 saturated heterocycles. The molecular formula is C19H12F5NO4S. The minimum Gasteiger partial charge on any atom is -0.451 e. The first-order valence-electron chi connectivity index (χ1n) is 8.19. The molecule has 0 aliphatic carbocycles. The third-order valence-corrected chi connectivity index (χ3v) is 5.38. The number of amides is 1. The van der Waals surface area contributed by atoms with Crippen LogP contribution in [0.2, 0.25) is 0 Å². The van der Waals surface area contributed by atoms with E-state index in [0.29, 0.717) is 0 Å². The Hall–Kier alpha value is -3.21. The molecule has 0 aliphatic rings. The number of nitrogens with one attached hydrogen (secondary N) is 1. The number of carbonyl (C=O) groups is 1. The summed E-state index contributed by atoms with van der Waals surface area (Å²) in [6.07, 6.45) is -4.53. The fourth-order valence-electron chi connectivity index (χ4n) is 2.49. The molecule has 1 aromatic heterocycles. The maximum Gasteiger partial charge on any atom is 0.416 e. The van der Waals surface area contributed by atoms with Crippen molar-refractivity contribution < 1.29 is 39.6 Å². The van der Waals surface area contributed by atoms with Gasteiger partial charge >= 0.3 is 11.9 Å². The quantitative estimate of drug-likeness (QED) is 0.547. The number of anilines is 1. The first-order chi connectivity index (χ1) is 14.0. The maximum atomic E-state index is 12.8. The molecule has 30 heavy (non-hydrogen) atoms. The number of benzene rings is 2. The molecule has 0 fully saturated rings. The average Bonchev–Trinajstić information content (AvgIpc) is 3.18. The summed E-state index contributed by atoms with van der Waals surface area (Å²) in [5.74, 6) is -4.52. The number of hydrogen-bond donors (Lipinski definition) is 1. The lowest BCUT2D eigenvalue weighted by atomic mass is 10.1. The summed E-state index contributed by atoms with van der Waals surface area (Å²) in [5, 5.41) is 2.37. The van der Waals surface area contributed by atoms with Gasteiger partial charge in [0, 0.05) is 11.3 Å². The maximum absolute atomic E-state index is 12.8. The van der Waals surface area contributed by atoms with Crippen molar-refractivity contribution in [2.75, 3.05) is 5.32 Å². The summed E-state index contributed by atoms with van der Waals surface area (Å²) in [5.41, 5.74) is -0.656. The molecule has 3 aromatic rings. The Labute approximate surface area is 167 Å². The van der Waals surface area contributed by atoms with Crippen LogP contribution in [0.4, 0.5) is 27.6 Å². The second kappa shape index (κ2) is 7.90. The van der Waals surface area contributed by atoms with E-state index in [2.05, 4.69) is 5.32 Å². The second-order valence-corrected chi connectivity index (χ2v) is 7.94. The predicted octanol–water partition coefficient (Wildman–Crippen LogP) is 5.21. The van der Waals surface area contributed by atoms with E-state index in [1.807, 2.05) is 0 Å². The van der Waals surface area contributed by atoms with E-state index in [0.717, 1.165) is 36.4 Å². The lowest BCUT2D eigenvalue weighted by Gasteiger charge is -2.07. The Bertz CT molecular complexity index is 1170. The standard InChI is InChI=1S/C19H12F5NO4S/c20-18(21)30(27,28)14-6-4-13(5-7-14)25-17(26)16-9-8-15(29-16)11-2-1-3-12(10-11)19(22,23)24/h1-10,18H,(H,25,26). The lowest BCUT2D eigenvalue weighted by Crippen LogP contribution is -2.13. The SMILES string of the molecule is O=C(Nc1ccc(S(=O)(=O)C(F)F)cc1)c1ccc(-c2cccc(C(F)(F)F)c2)o1. The zero-order valence-corrected chi connectivity index (χ0v) is 15.6. The molecule has 0 spiro atoms. The summed E-state index contributed by atoms with van der Waals surface area (Å²) < 4.78 is 91.6. The Morgan fingerprint density at radius 3 is 2.23 bits per heavy atom. The van der Waals surface area contributed by atoms with Crippen LogP contribution >= 0.6 is 0 Å². The van der Waals surface area contributed by atoms with Crippen LogP contribution in [0.25, 0.3) is 11.3 Å². The molecule has 158 valence electrons. The number of alkyl halides is 5. The van der Waals surface area contributed by atoms with Crippen LogP contribution < -0.4 is 5.32 Å². The Balaban J connectivity index is 1.76. The number of halogens is 5. The highest BCUT2D eigenvalue weighted by Crippen LogP contribution is 2.32. The van der Waals surface area contributed by atoms with Crippen LogP contribution in [0, 0.1) is 0 Å². The minimum absolute atomic E-state index is 0.0321. The molecule has 1 amide bonds. The molecule has 0 atom stereocenters. The summed E-state index contributed by atoms with van der Waals surface area (Å²) >= 11 is 0. The van der Waals surface area contributed by atoms with Gasteiger partial charge in [0.15, 0.2) is 5.76 Å². The highest BCUT2D eigenvalue weighted by molar-refractivity contribution is 7.91. The van der Waals surface area contributed by atoms with Gasteiger partial charge in [-0.15, -0.1) is 0 Å². The van der Waals surface area contributed by atoms with Crippen LogP contribution in [0.3, 0.4) is 0 Å². The summed E-state index contributed by atoms with van der Waals surface area (Å²) in [6, 6.07) is 11.0. The molecule has 3 rings (SSSR count). The topological polar surface area (TPSA) is 76.4 Å². The van der Waals surface area contributed by atoms with Crippen molar-refractivity contribution in [1.82, 2.24) is 0 Å². The van der Waals surface area contributed by atoms with Gasteiger partial charge < -0.3 is 9.73 Å². The average molecular weight is 445 g/mol. The molecule has 0 saturated carbocycles. The smallest absolute Gasteiger partial charge is 0.416 e. The fraction of sp³-hybridized carbons (Fsp3) is 0.105. The van der Waals surface area contributed by atoms with Crippen molar-refractivity contribution in [1.29, 1.82) is 0 Å². The number of sulfone groups is 1. The predicted molar refractivity (Wildman–Crippen MR) is 96.7 cm³/mol. The van der Waals surface area contributed by atoms with E-state index < -0.39 is 38.1 Å². The molecule has 0 bridgehead atoms. The molecule has 0 radical (unpaired) electrons. The first kappa shape index (κ1) is 21.5. The largest absolute Gasteiger partial charge is 0.451 e. The van der Waals surface area contributed by atoms with E-state index in [4.69, 9.17) is 4.42 Å². The monoisotopic (exact) mass is 445 g/mol. The van der Waals surface area contributed by atoms with Crippen molar-refractivity contribution >= 4 is 21.4 Å². The van der Waals surface area contributed by atoms with Crippen LogP contribution in [0.5, 0.6) is 0 Å². The summed E-state index contributed by atoms with van der Waals surface area (Å²) in [7, 11) is -4.76. The van der Waals surface area contributed by atoms with Gasteiger partial charge in [-0.25, -0.2) is 8.42 Å². The third kappa shape index (κ3) is 4.51. The van der Waals surface area contributed by atoms with E-state index in [1.54, 1.807) is 0 Å². The first-order valence-corrected chi connectivity index (χ1v) is 9.74. The number of rotatable bonds is 5. The lowest BCUT2D eigenvalue weighted by molar-refractivity contribution is -0.137. The molecule has 1 heterocycles. The molecule has 5 nitrogen and oxygen atoms in total. The summed E-state index contributed by atoms with van der Waals surface area (Å²) in [4.78, 5) is 11.6. The van der Waals surface area contributed by atoms with Gasteiger partial charge in [0.2, 0.25) is 9.84 Å². The Morgan fingerprint density at radius 2 is 1.63 bits per heavy atom. The Morgan fingerprint density at radius 1 is 0.967 bits per heavy atom. The van der Waals surface area contributed by atoms with Crippen LogP contribution in [0.1, 0.15) is 16.1 Å². The number of furan rings is 1. The molecule has 1 N–H and O–H groups in total. The highest BCUT2D eigenvalue weighted by atomic mass is 32.2. The van der Waals surface area contributed by atoms with E-state index in [-0.39, 0.29) is 22.8 Å². The molecule has 11 heteroatoms. The van der Waals surface area contributed by atoms with Gasteiger partial charge in [-0.05, 0) is 48.5 Å². The number of carbonyl (C=O) groups excluding carboxylic acids is 1. The second-order valence-electron chi connectivity index (χ2n) is 6.03. The van der Waals surface area contributed by atoms with Crippen molar-refractivity contribution in [3.05, 3.63) is 72.0 Å². The van der Waals surface area contributed by atoms with Gasteiger partial charge in [0.1, 0.15) is 5.76 Å². The normalized spacial score (nSPS) is 12.2. The Kier molecular flexibility index (Phi) is 5.66. The van der Waals surface area contributed by atoms with Gasteiger partial charge in [0.05, 0.1) is 10.5 Å². The zero-order valence-electron chi connectivity index (χ0n) is 14.8. The highest BCUT2D eigenvalue weighted by Gasteiger charge is 2.30. The van der Waals surface area contributed by atoms with Gasteiger partial charge in [0.25, 0.3) is 5.91 Å². The van der Waals surface area contributed by atoms with Crippen molar-refractivity contribution in [2.45, 2.75) is 16.8 Å². The molecule has 0 unspecified atom stereocenters. The van der Waals surface area contributed by atoms with Gasteiger partial charge in [-0.2, -0.15) is 22.0 Å².